The van der Waals surface area contributed by atoms with Gasteiger partial charge in [0.25, 0.3) is 5.91 Å². The molecule has 0 aromatic heterocycles. The number of carbonyl (C=O) groups excluding carboxylic acids is 1. The molecule has 0 fully saturated rings. The van der Waals surface area contributed by atoms with Crippen LogP contribution in [0.15, 0.2) is 42.5 Å². The number of rotatable bonds is 9. The molecule has 7 nitrogen and oxygen atoms in total. The average molecular weight is 373 g/mol. The maximum Gasteiger partial charge on any atom is 0.341 e. The summed E-state index contributed by atoms with van der Waals surface area (Å²) in [7, 11) is 1.62. The molecule has 2 rings (SSSR count). The Balaban J connectivity index is 2.18. The molecule has 2 N–H and O–H groups in total. The van der Waals surface area contributed by atoms with Gasteiger partial charge in [-0.25, -0.2) is 4.79 Å². The lowest BCUT2D eigenvalue weighted by atomic mass is 10.1. The first-order valence-corrected chi connectivity index (χ1v) is 8.50. The highest BCUT2D eigenvalue weighted by Crippen LogP contribution is 2.29. The van der Waals surface area contributed by atoms with E-state index in [9.17, 15) is 9.59 Å². The molecule has 7 heteroatoms. The van der Waals surface area contributed by atoms with Crippen LogP contribution in [0.2, 0.25) is 0 Å². The van der Waals surface area contributed by atoms with Crippen molar-refractivity contribution in [2.45, 2.75) is 20.0 Å². The highest BCUT2D eigenvalue weighted by atomic mass is 16.5. The van der Waals surface area contributed by atoms with Crippen molar-refractivity contribution in [1.82, 2.24) is 0 Å². The Bertz CT molecular complexity index is 805. The smallest absolute Gasteiger partial charge is 0.341 e. The molecular weight excluding hydrogens is 350 g/mol. The summed E-state index contributed by atoms with van der Waals surface area (Å²) in [5.41, 5.74) is 1.96. The highest BCUT2D eigenvalue weighted by Gasteiger charge is 2.13. The van der Waals surface area contributed by atoms with Crippen LogP contribution < -0.4 is 14.8 Å². The Labute approximate surface area is 157 Å². The summed E-state index contributed by atoms with van der Waals surface area (Å²) in [5, 5.41) is 11.6. The Morgan fingerprint density at radius 3 is 2.56 bits per heavy atom. The van der Waals surface area contributed by atoms with Crippen molar-refractivity contribution < 1.29 is 28.9 Å². The second kappa shape index (κ2) is 9.59. The number of carboxylic acid groups (broad SMARTS) is 1. The van der Waals surface area contributed by atoms with E-state index in [1.807, 2.05) is 25.1 Å². The quantitative estimate of drug-likeness (QED) is 0.699. The summed E-state index contributed by atoms with van der Waals surface area (Å²) in [5.74, 6) is -0.827. The fourth-order valence-corrected chi connectivity index (χ4v) is 2.38. The Kier molecular flexibility index (Phi) is 7.19. The number of carboxylic acids is 1. The molecule has 0 radical (unpaired) electrons. The largest absolute Gasteiger partial charge is 0.490 e. The number of amides is 1. The van der Waals surface area contributed by atoms with Gasteiger partial charge in [-0.05, 0) is 49.7 Å². The minimum atomic E-state index is -1.09. The first-order valence-electron chi connectivity index (χ1n) is 8.50. The Morgan fingerprint density at radius 1 is 1.11 bits per heavy atom. The molecule has 0 bridgehead atoms. The van der Waals surface area contributed by atoms with E-state index in [0.29, 0.717) is 23.6 Å². The summed E-state index contributed by atoms with van der Waals surface area (Å²) in [4.78, 5) is 23.2. The molecule has 0 heterocycles. The van der Waals surface area contributed by atoms with Crippen molar-refractivity contribution in [3.05, 3.63) is 53.6 Å². The van der Waals surface area contributed by atoms with Crippen molar-refractivity contribution >= 4 is 17.6 Å². The van der Waals surface area contributed by atoms with Crippen LogP contribution in [-0.2, 0) is 9.53 Å². The van der Waals surface area contributed by atoms with Gasteiger partial charge in [0.15, 0.2) is 18.1 Å². The van der Waals surface area contributed by atoms with E-state index in [1.165, 1.54) is 12.1 Å². The van der Waals surface area contributed by atoms with Crippen LogP contribution in [0.4, 0.5) is 5.69 Å². The fraction of sp³-hybridized carbons (Fsp3) is 0.300. The van der Waals surface area contributed by atoms with Crippen molar-refractivity contribution in [3.8, 4) is 11.5 Å². The zero-order valence-electron chi connectivity index (χ0n) is 15.5. The maximum absolute atomic E-state index is 12.6. The number of hydrogen-bond donors (Lipinski definition) is 2. The van der Waals surface area contributed by atoms with Crippen LogP contribution in [0.5, 0.6) is 11.5 Å². The van der Waals surface area contributed by atoms with Crippen LogP contribution in [0.1, 0.15) is 35.9 Å². The number of hydrogen-bond acceptors (Lipinski definition) is 5. The highest BCUT2D eigenvalue weighted by molar-refractivity contribution is 6.04. The minimum Gasteiger partial charge on any atom is -0.490 e. The molecule has 2 aromatic carbocycles. The van der Waals surface area contributed by atoms with E-state index in [2.05, 4.69) is 5.32 Å². The molecule has 0 saturated carbocycles. The summed E-state index contributed by atoms with van der Waals surface area (Å²) in [6.45, 7) is 3.57. The Hall–Kier alpha value is -3.06. The van der Waals surface area contributed by atoms with E-state index in [4.69, 9.17) is 19.3 Å². The van der Waals surface area contributed by atoms with Crippen LogP contribution >= 0.6 is 0 Å². The van der Waals surface area contributed by atoms with Gasteiger partial charge in [-0.1, -0.05) is 12.1 Å². The second-order valence-electron chi connectivity index (χ2n) is 5.73. The maximum atomic E-state index is 12.6. The first kappa shape index (κ1) is 20.3. The zero-order valence-corrected chi connectivity index (χ0v) is 15.5. The number of nitrogens with one attached hydrogen (secondary N) is 1. The lowest BCUT2D eigenvalue weighted by Crippen LogP contribution is -2.14. The molecule has 27 heavy (non-hydrogen) atoms. The third-order valence-corrected chi connectivity index (χ3v) is 3.82. The molecule has 1 unspecified atom stereocenters. The second-order valence-corrected chi connectivity index (χ2v) is 5.73. The third kappa shape index (κ3) is 5.72. The first-order chi connectivity index (χ1) is 12.9. The summed E-state index contributed by atoms with van der Waals surface area (Å²) in [6.07, 6.45) is -0.0860. The predicted molar refractivity (Wildman–Crippen MR) is 101 cm³/mol. The SMILES string of the molecule is CCOc1cc(C(=O)Nc2cccc(C(C)OC)c2)ccc1OCC(=O)O. The van der Waals surface area contributed by atoms with Gasteiger partial charge in [-0.3, -0.25) is 4.79 Å². The van der Waals surface area contributed by atoms with Gasteiger partial charge in [0.05, 0.1) is 12.7 Å². The monoisotopic (exact) mass is 373 g/mol. The van der Waals surface area contributed by atoms with Crippen molar-refractivity contribution in [1.29, 1.82) is 0 Å². The molecule has 1 atom stereocenters. The van der Waals surface area contributed by atoms with E-state index >= 15 is 0 Å². The number of benzene rings is 2. The number of ether oxygens (including phenoxy) is 3. The molecule has 0 aliphatic rings. The zero-order chi connectivity index (χ0) is 19.8. The number of methoxy groups -OCH3 is 1. The number of anilines is 1. The van der Waals surface area contributed by atoms with Gasteiger partial charge >= 0.3 is 5.97 Å². The van der Waals surface area contributed by atoms with Gasteiger partial charge in [-0.2, -0.15) is 0 Å². The van der Waals surface area contributed by atoms with Crippen molar-refractivity contribution in [2.75, 3.05) is 25.6 Å². The van der Waals surface area contributed by atoms with Gasteiger partial charge in [0, 0.05) is 18.4 Å². The molecule has 0 spiro atoms. The standard InChI is InChI=1S/C20H23NO6/c1-4-26-18-11-15(8-9-17(18)27-12-19(22)23)20(24)21-16-7-5-6-14(10-16)13(2)25-3/h5-11,13H,4,12H2,1-3H3,(H,21,24)(H,22,23). The molecular formula is C20H23NO6. The molecule has 0 aliphatic carbocycles. The predicted octanol–water partition coefficient (Wildman–Crippen LogP) is 3.51. The van der Waals surface area contributed by atoms with E-state index in [0.717, 1.165) is 5.56 Å². The third-order valence-electron chi connectivity index (χ3n) is 3.82. The van der Waals surface area contributed by atoms with Crippen LogP contribution in [-0.4, -0.2) is 37.3 Å². The summed E-state index contributed by atoms with van der Waals surface area (Å²) >= 11 is 0. The topological polar surface area (TPSA) is 94.1 Å². The molecule has 0 aliphatic heterocycles. The van der Waals surface area contributed by atoms with Crippen molar-refractivity contribution in [3.63, 3.8) is 0 Å². The van der Waals surface area contributed by atoms with Crippen molar-refractivity contribution in [2.24, 2.45) is 0 Å². The van der Waals surface area contributed by atoms with E-state index in [-0.39, 0.29) is 17.8 Å². The average Bonchev–Trinajstić information content (AvgIpc) is 2.66. The number of aliphatic carboxylic acids is 1. The van der Waals surface area contributed by atoms with Gasteiger partial charge in [-0.15, -0.1) is 0 Å². The van der Waals surface area contributed by atoms with Gasteiger partial charge in [0.1, 0.15) is 0 Å². The lowest BCUT2D eigenvalue weighted by molar-refractivity contribution is -0.139. The number of carbonyl (C=O) groups is 2. The van der Waals surface area contributed by atoms with Crippen LogP contribution in [0.25, 0.3) is 0 Å². The molecule has 1 amide bonds. The summed E-state index contributed by atoms with van der Waals surface area (Å²) in [6, 6.07) is 12.0. The fourth-order valence-electron chi connectivity index (χ4n) is 2.38. The van der Waals surface area contributed by atoms with Crippen LogP contribution in [0.3, 0.4) is 0 Å². The molecule has 2 aromatic rings. The summed E-state index contributed by atoms with van der Waals surface area (Å²) < 4.78 is 15.9. The molecule has 144 valence electrons. The Morgan fingerprint density at radius 2 is 1.89 bits per heavy atom. The lowest BCUT2D eigenvalue weighted by Gasteiger charge is -2.14. The van der Waals surface area contributed by atoms with Gasteiger partial charge in [0.2, 0.25) is 0 Å². The van der Waals surface area contributed by atoms with Crippen LogP contribution in [0, 0.1) is 0 Å². The molecule has 0 saturated heterocycles. The van der Waals surface area contributed by atoms with E-state index in [1.54, 1.807) is 26.2 Å². The van der Waals surface area contributed by atoms with E-state index < -0.39 is 12.6 Å². The minimum absolute atomic E-state index is 0.0860. The normalized spacial score (nSPS) is 11.5. The van der Waals surface area contributed by atoms with Gasteiger partial charge < -0.3 is 24.6 Å².